The summed E-state index contributed by atoms with van der Waals surface area (Å²) in [5.41, 5.74) is 3.86. The molecule has 2 aromatic rings. The zero-order valence-electron chi connectivity index (χ0n) is 10.7. The normalized spacial score (nSPS) is 14.7. The van der Waals surface area contributed by atoms with Crippen molar-refractivity contribution in [2.45, 2.75) is 12.7 Å². The number of aromatic nitrogens is 2. The number of benzene rings is 1. The van der Waals surface area contributed by atoms with Crippen LogP contribution in [-0.4, -0.2) is 26.2 Å². The zero-order valence-corrected chi connectivity index (χ0v) is 12.4. The first kappa shape index (κ1) is 12.8. The van der Waals surface area contributed by atoms with Crippen molar-refractivity contribution >= 4 is 27.9 Å². The van der Waals surface area contributed by atoms with Crippen LogP contribution in [0.3, 0.4) is 0 Å². The average molecular weight is 289 g/mol. The third-order valence-electron chi connectivity index (χ3n) is 3.04. The SMILES string of the molecule is Cc1cc(-n2ccnc2)ccc1CSC1=NCCS1. The zero-order chi connectivity index (χ0) is 13.1. The summed E-state index contributed by atoms with van der Waals surface area (Å²) >= 11 is 3.72. The summed E-state index contributed by atoms with van der Waals surface area (Å²) in [5.74, 6) is 2.14. The third-order valence-corrected chi connectivity index (χ3v) is 5.34. The lowest BCUT2D eigenvalue weighted by Gasteiger charge is -2.09. The molecule has 1 aromatic heterocycles. The summed E-state index contributed by atoms with van der Waals surface area (Å²) < 4.78 is 3.26. The quantitative estimate of drug-likeness (QED) is 0.866. The molecule has 0 unspecified atom stereocenters. The van der Waals surface area contributed by atoms with Crippen molar-refractivity contribution < 1.29 is 0 Å². The fourth-order valence-corrected chi connectivity index (χ4v) is 4.04. The van der Waals surface area contributed by atoms with E-state index in [2.05, 4.69) is 35.1 Å². The van der Waals surface area contributed by atoms with Gasteiger partial charge in [-0.3, -0.25) is 4.99 Å². The first-order valence-corrected chi connectivity index (χ1v) is 8.18. The largest absolute Gasteiger partial charge is 0.306 e. The van der Waals surface area contributed by atoms with E-state index in [1.807, 2.05) is 40.6 Å². The summed E-state index contributed by atoms with van der Waals surface area (Å²) in [5, 5.41) is 0. The number of aryl methyl sites for hydroxylation is 1. The highest BCUT2D eigenvalue weighted by Crippen LogP contribution is 2.27. The number of imidazole rings is 1. The van der Waals surface area contributed by atoms with E-state index in [1.54, 1.807) is 6.20 Å². The van der Waals surface area contributed by atoms with Crippen LogP contribution >= 0.6 is 23.5 Å². The van der Waals surface area contributed by atoms with Gasteiger partial charge < -0.3 is 4.57 Å². The van der Waals surface area contributed by atoms with Crippen molar-refractivity contribution in [3.05, 3.63) is 48.0 Å². The molecule has 3 nitrogen and oxygen atoms in total. The predicted molar refractivity (Wildman–Crippen MR) is 84.4 cm³/mol. The molecule has 0 amide bonds. The van der Waals surface area contributed by atoms with Gasteiger partial charge in [0.1, 0.15) is 4.38 Å². The monoisotopic (exact) mass is 289 g/mol. The lowest BCUT2D eigenvalue weighted by Crippen LogP contribution is -1.94. The topological polar surface area (TPSA) is 30.2 Å². The van der Waals surface area contributed by atoms with E-state index in [0.29, 0.717) is 0 Å². The van der Waals surface area contributed by atoms with Crippen LogP contribution in [0.25, 0.3) is 5.69 Å². The molecule has 3 rings (SSSR count). The van der Waals surface area contributed by atoms with Gasteiger partial charge in [-0.25, -0.2) is 4.98 Å². The second-order valence-electron chi connectivity index (χ2n) is 4.37. The summed E-state index contributed by atoms with van der Waals surface area (Å²) in [4.78, 5) is 8.55. The minimum Gasteiger partial charge on any atom is -0.306 e. The Bertz CT molecular complexity index is 591. The van der Waals surface area contributed by atoms with Crippen LogP contribution < -0.4 is 0 Å². The molecule has 1 aliphatic heterocycles. The van der Waals surface area contributed by atoms with Gasteiger partial charge in [-0.2, -0.15) is 0 Å². The maximum Gasteiger partial charge on any atom is 0.124 e. The van der Waals surface area contributed by atoms with Crippen LogP contribution in [-0.2, 0) is 5.75 Å². The Labute approximate surface area is 121 Å². The van der Waals surface area contributed by atoms with Gasteiger partial charge in [-0.05, 0) is 30.2 Å². The van der Waals surface area contributed by atoms with Crippen molar-refractivity contribution in [2.75, 3.05) is 12.3 Å². The molecule has 0 bridgehead atoms. The Kier molecular flexibility index (Phi) is 3.94. The van der Waals surface area contributed by atoms with Crippen molar-refractivity contribution in [3.63, 3.8) is 0 Å². The third kappa shape index (κ3) is 3.04. The smallest absolute Gasteiger partial charge is 0.124 e. The fourth-order valence-electron chi connectivity index (χ4n) is 1.96. The van der Waals surface area contributed by atoms with Gasteiger partial charge in [0, 0.05) is 29.6 Å². The molecule has 0 saturated carbocycles. The van der Waals surface area contributed by atoms with Crippen molar-refractivity contribution in [3.8, 4) is 5.69 Å². The molecule has 0 atom stereocenters. The number of aliphatic imine (C=N–C) groups is 1. The van der Waals surface area contributed by atoms with Crippen LogP contribution in [0.2, 0.25) is 0 Å². The van der Waals surface area contributed by atoms with E-state index in [4.69, 9.17) is 0 Å². The number of hydrogen-bond donors (Lipinski definition) is 0. The molecule has 0 N–H and O–H groups in total. The van der Waals surface area contributed by atoms with E-state index in [0.717, 1.165) is 23.7 Å². The van der Waals surface area contributed by atoms with E-state index >= 15 is 0 Å². The molecule has 0 aliphatic carbocycles. The average Bonchev–Trinajstić information content (AvgIpc) is 3.10. The first-order valence-electron chi connectivity index (χ1n) is 6.21. The summed E-state index contributed by atoms with van der Waals surface area (Å²) in [6, 6.07) is 6.56. The second kappa shape index (κ2) is 5.84. The lowest BCUT2D eigenvalue weighted by atomic mass is 10.1. The Morgan fingerprint density at radius 2 is 2.37 bits per heavy atom. The Balaban J connectivity index is 1.72. The number of hydrogen-bond acceptors (Lipinski definition) is 4. The predicted octanol–water partition coefficient (Wildman–Crippen LogP) is 3.52. The molecule has 1 aromatic carbocycles. The van der Waals surface area contributed by atoms with Crippen LogP contribution in [0.1, 0.15) is 11.1 Å². The molecule has 98 valence electrons. The standard InChI is InChI=1S/C14H15N3S2/c1-11-8-13(17-6-4-15-10-17)3-2-12(11)9-19-14-16-5-7-18-14/h2-4,6,8,10H,5,7,9H2,1H3. The van der Waals surface area contributed by atoms with Gasteiger partial charge >= 0.3 is 0 Å². The lowest BCUT2D eigenvalue weighted by molar-refractivity contribution is 1.05. The van der Waals surface area contributed by atoms with Crippen LogP contribution in [0.4, 0.5) is 0 Å². The maximum absolute atomic E-state index is 4.47. The Morgan fingerprint density at radius 1 is 1.42 bits per heavy atom. The number of nitrogens with zero attached hydrogens (tertiary/aromatic N) is 3. The molecular formula is C14H15N3S2. The van der Waals surface area contributed by atoms with E-state index in [9.17, 15) is 0 Å². The summed E-state index contributed by atoms with van der Waals surface area (Å²) in [7, 11) is 0. The fraction of sp³-hybridized carbons (Fsp3) is 0.286. The molecule has 2 heterocycles. The van der Waals surface area contributed by atoms with Crippen molar-refractivity contribution in [2.24, 2.45) is 4.99 Å². The minimum absolute atomic E-state index is 0.978. The number of thioether (sulfide) groups is 2. The summed E-state index contributed by atoms with van der Waals surface area (Å²) in [6.45, 7) is 3.14. The van der Waals surface area contributed by atoms with Gasteiger partial charge in [0.15, 0.2) is 0 Å². The van der Waals surface area contributed by atoms with Gasteiger partial charge in [0.2, 0.25) is 0 Å². The first-order chi connectivity index (χ1) is 9.33. The highest BCUT2D eigenvalue weighted by Gasteiger charge is 2.09. The molecule has 1 aliphatic rings. The number of rotatable bonds is 3. The van der Waals surface area contributed by atoms with Crippen molar-refractivity contribution in [1.29, 1.82) is 0 Å². The van der Waals surface area contributed by atoms with Gasteiger partial charge in [0.25, 0.3) is 0 Å². The highest BCUT2D eigenvalue weighted by atomic mass is 32.2. The van der Waals surface area contributed by atoms with E-state index in [1.165, 1.54) is 15.5 Å². The Morgan fingerprint density at radius 3 is 3.05 bits per heavy atom. The molecule has 0 fully saturated rings. The van der Waals surface area contributed by atoms with E-state index < -0.39 is 0 Å². The van der Waals surface area contributed by atoms with Crippen molar-refractivity contribution in [1.82, 2.24) is 9.55 Å². The van der Waals surface area contributed by atoms with Gasteiger partial charge in [-0.15, -0.1) is 0 Å². The van der Waals surface area contributed by atoms with Gasteiger partial charge in [0.05, 0.1) is 12.9 Å². The second-order valence-corrected chi connectivity index (χ2v) is 6.67. The summed E-state index contributed by atoms with van der Waals surface area (Å²) in [6.07, 6.45) is 5.59. The molecule has 19 heavy (non-hydrogen) atoms. The maximum atomic E-state index is 4.47. The Hall–Kier alpha value is -1.20. The molecule has 5 heteroatoms. The molecule has 0 saturated heterocycles. The molecule has 0 spiro atoms. The van der Waals surface area contributed by atoms with Crippen LogP contribution in [0.5, 0.6) is 0 Å². The van der Waals surface area contributed by atoms with Crippen LogP contribution in [0.15, 0.2) is 41.9 Å². The van der Waals surface area contributed by atoms with E-state index in [-0.39, 0.29) is 0 Å². The molecular weight excluding hydrogens is 274 g/mol. The van der Waals surface area contributed by atoms with Gasteiger partial charge in [-0.1, -0.05) is 29.6 Å². The highest BCUT2D eigenvalue weighted by molar-refractivity contribution is 8.38. The minimum atomic E-state index is 0.978. The van der Waals surface area contributed by atoms with Crippen LogP contribution in [0, 0.1) is 6.92 Å². The molecule has 0 radical (unpaired) electrons.